The van der Waals surface area contributed by atoms with Crippen LogP contribution in [0.1, 0.15) is 39.5 Å². The van der Waals surface area contributed by atoms with Gasteiger partial charge in [0, 0.05) is 13.1 Å². The summed E-state index contributed by atoms with van der Waals surface area (Å²) >= 11 is 0. The van der Waals surface area contributed by atoms with Crippen molar-refractivity contribution in [1.29, 1.82) is 0 Å². The van der Waals surface area contributed by atoms with Gasteiger partial charge in [0.2, 0.25) is 0 Å². The predicted molar refractivity (Wildman–Crippen MR) is 60.2 cm³/mol. The zero-order chi connectivity index (χ0) is 10.2. The smallest absolute Gasteiger partial charge is 0.00503 e. The molecule has 2 rings (SSSR count). The molecule has 0 aromatic rings. The van der Waals surface area contributed by atoms with Gasteiger partial charge in [-0.05, 0) is 49.6 Å². The summed E-state index contributed by atoms with van der Waals surface area (Å²) in [5, 5.41) is 0. The first-order valence-electron chi connectivity index (χ1n) is 5.98. The molecule has 2 nitrogen and oxygen atoms in total. The molecule has 2 heteroatoms. The Morgan fingerprint density at radius 1 is 1.21 bits per heavy atom. The largest absolute Gasteiger partial charge is 0.330 e. The first-order chi connectivity index (χ1) is 6.55. The molecule has 0 bridgehead atoms. The van der Waals surface area contributed by atoms with Crippen molar-refractivity contribution in [2.75, 3.05) is 26.2 Å². The van der Waals surface area contributed by atoms with E-state index in [2.05, 4.69) is 18.7 Å². The molecular formula is C12H24N2. The van der Waals surface area contributed by atoms with E-state index < -0.39 is 0 Å². The van der Waals surface area contributed by atoms with Gasteiger partial charge in [-0.1, -0.05) is 13.8 Å². The molecule has 2 N–H and O–H groups in total. The molecule has 0 radical (unpaired) electrons. The van der Waals surface area contributed by atoms with E-state index in [4.69, 9.17) is 5.73 Å². The fourth-order valence-electron chi connectivity index (χ4n) is 2.76. The summed E-state index contributed by atoms with van der Waals surface area (Å²) in [6.07, 6.45) is 5.48. The van der Waals surface area contributed by atoms with Gasteiger partial charge >= 0.3 is 0 Å². The van der Waals surface area contributed by atoms with Crippen LogP contribution in [0.5, 0.6) is 0 Å². The maximum atomic E-state index is 5.83. The normalized spacial score (nSPS) is 30.2. The van der Waals surface area contributed by atoms with Crippen molar-refractivity contribution in [3.63, 3.8) is 0 Å². The summed E-state index contributed by atoms with van der Waals surface area (Å²) in [6, 6.07) is 0. The molecule has 1 heterocycles. The second-order valence-electron chi connectivity index (χ2n) is 6.18. The highest BCUT2D eigenvalue weighted by Crippen LogP contribution is 2.46. The Kier molecular flexibility index (Phi) is 2.61. The number of hydrogen-bond acceptors (Lipinski definition) is 2. The van der Waals surface area contributed by atoms with Crippen LogP contribution >= 0.6 is 0 Å². The van der Waals surface area contributed by atoms with Crippen molar-refractivity contribution in [2.24, 2.45) is 16.6 Å². The van der Waals surface area contributed by atoms with Crippen LogP contribution in [-0.2, 0) is 0 Å². The lowest BCUT2D eigenvalue weighted by Gasteiger charge is -2.39. The van der Waals surface area contributed by atoms with E-state index in [1.165, 1.54) is 45.3 Å². The van der Waals surface area contributed by atoms with Crippen LogP contribution in [-0.4, -0.2) is 31.1 Å². The molecule has 0 atom stereocenters. The maximum absolute atomic E-state index is 5.83. The van der Waals surface area contributed by atoms with Crippen molar-refractivity contribution in [3.05, 3.63) is 0 Å². The van der Waals surface area contributed by atoms with E-state index in [9.17, 15) is 0 Å². The van der Waals surface area contributed by atoms with Crippen molar-refractivity contribution >= 4 is 0 Å². The Hall–Kier alpha value is -0.0800. The van der Waals surface area contributed by atoms with E-state index in [0.717, 1.165) is 6.54 Å². The molecule has 1 saturated carbocycles. The average Bonchev–Trinajstić information content (AvgIpc) is 2.84. The van der Waals surface area contributed by atoms with Gasteiger partial charge in [-0.15, -0.1) is 0 Å². The standard InChI is InChI=1S/C12H24N2/c1-11(2)4-3-7-14(9-11)10-12(8-13)5-6-12/h3-10,13H2,1-2H3. The first kappa shape index (κ1) is 10.4. The highest BCUT2D eigenvalue weighted by Gasteiger charge is 2.43. The third-order valence-corrected chi connectivity index (χ3v) is 3.93. The average molecular weight is 196 g/mol. The summed E-state index contributed by atoms with van der Waals surface area (Å²) in [5.41, 5.74) is 6.88. The van der Waals surface area contributed by atoms with Crippen LogP contribution in [0.15, 0.2) is 0 Å². The summed E-state index contributed by atoms with van der Waals surface area (Å²) in [7, 11) is 0. The van der Waals surface area contributed by atoms with Gasteiger partial charge in [0.1, 0.15) is 0 Å². The third kappa shape index (κ3) is 2.29. The van der Waals surface area contributed by atoms with Crippen LogP contribution in [0.2, 0.25) is 0 Å². The summed E-state index contributed by atoms with van der Waals surface area (Å²) < 4.78 is 0. The number of hydrogen-bond donors (Lipinski definition) is 1. The Bertz CT molecular complexity index is 206. The molecule has 0 aromatic heterocycles. The highest BCUT2D eigenvalue weighted by atomic mass is 15.2. The van der Waals surface area contributed by atoms with Gasteiger partial charge in [0.25, 0.3) is 0 Å². The quantitative estimate of drug-likeness (QED) is 0.746. The van der Waals surface area contributed by atoms with Gasteiger partial charge in [0.05, 0.1) is 0 Å². The SMILES string of the molecule is CC1(C)CCCN(CC2(CN)CC2)C1. The molecule has 2 fully saturated rings. The number of nitrogens with two attached hydrogens (primary N) is 1. The van der Waals surface area contributed by atoms with E-state index in [0.29, 0.717) is 10.8 Å². The minimum Gasteiger partial charge on any atom is -0.330 e. The molecule has 0 spiro atoms. The molecule has 0 unspecified atom stereocenters. The van der Waals surface area contributed by atoms with Gasteiger partial charge in [-0.2, -0.15) is 0 Å². The summed E-state index contributed by atoms with van der Waals surface area (Å²) in [6.45, 7) is 9.50. The van der Waals surface area contributed by atoms with E-state index in [1.807, 2.05) is 0 Å². The molecule has 0 aromatic carbocycles. The first-order valence-corrected chi connectivity index (χ1v) is 5.98. The minimum absolute atomic E-state index is 0.521. The van der Waals surface area contributed by atoms with E-state index in [1.54, 1.807) is 0 Å². The van der Waals surface area contributed by atoms with Gasteiger partial charge in [-0.3, -0.25) is 0 Å². The summed E-state index contributed by atoms with van der Waals surface area (Å²) in [4.78, 5) is 2.64. The molecule has 1 aliphatic carbocycles. The third-order valence-electron chi connectivity index (χ3n) is 3.93. The van der Waals surface area contributed by atoms with E-state index in [-0.39, 0.29) is 0 Å². The van der Waals surface area contributed by atoms with Crippen LogP contribution in [0.3, 0.4) is 0 Å². The molecule has 1 aliphatic heterocycles. The second-order valence-corrected chi connectivity index (χ2v) is 6.18. The molecule has 0 amide bonds. The lowest BCUT2D eigenvalue weighted by molar-refractivity contribution is 0.0983. The van der Waals surface area contributed by atoms with Crippen molar-refractivity contribution < 1.29 is 0 Å². The van der Waals surface area contributed by atoms with Crippen LogP contribution in [0.25, 0.3) is 0 Å². The lowest BCUT2D eigenvalue weighted by atomic mass is 9.83. The Balaban J connectivity index is 1.86. The molecular weight excluding hydrogens is 172 g/mol. The molecule has 2 aliphatic rings. The second kappa shape index (κ2) is 3.49. The number of piperidine rings is 1. The van der Waals surface area contributed by atoms with Crippen molar-refractivity contribution in [1.82, 2.24) is 4.90 Å². The fourth-order valence-corrected chi connectivity index (χ4v) is 2.76. The molecule has 14 heavy (non-hydrogen) atoms. The zero-order valence-electron chi connectivity index (χ0n) is 9.68. The summed E-state index contributed by atoms with van der Waals surface area (Å²) in [5.74, 6) is 0. The number of rotatable bonds is 3. The van der Waals surface area contributed by atoms with Crippen molar-refractivity contribution in [2.45, 2.75) is 39.5 Å². The Morgan fingerprint density at radius 3 is 2.43 bits per heavy atom. The molecule has 82 valence electrons. The topological polar surface area (TPSA) is 29.3 Å². The van der Waals surface area contributed by atoms with Crippen molar-refractivity contribution in [3.8, 4) is 0 Å². The van der Waals surface area contributed by atoms with Gasteiger partial charge in [-0.25, -0.2) is 0 Å². The highest BCUT2D eigenvalue weighted by molar-refractivity contribution is 4.97. The zero-order valence-corrected chi connectivity index (χ0v) is 9.68. The van der Waals surface area contributed by atoms with Crippen LogP contribution in [0.4, 0.5) is 0 Å². The Morgan fingerprint density at radius 2 is 1.93 bits per heavy atom. The predicted octanol–water partition coefficient (Wildman–Crippen LogP) is 1.85. The number of likely N-dealkylation sites (tertiary alicyclic amines) is 1. The monoisotopic (exact) mass is 196 g/mol. The van der Waals surface area contributed by atoms with Crippen LogP contribution < -0.4 is 5.73 Å². The van der Waals surface area contributed by atoms with Gasteiger partial charge in [0.15, 0.2) is 0 Å². The minimum atomic E-state index is 0.521. The fraction of sp³-hybridized carbons (Fsp3) is 1.00. The maximum Gasteiger partial charge on any atom is 0.00503 e. The van der Waals surface area contributed by atoms with Gasteiger partial charge < -0.3 is 10.6 Å². The van der Waals surface area contributed by atoms with Crippen LogP contribution in [0, 0.1) is 10.8 Å². The van der Waals surface area contributed by atoms with E-state index >= 15 is 0 Å². The number of nitrogens with zero attached hydrogens (tertiary/aromatic N) is 1. The Labute approximate surface area is 87.8 Å². The molecule has 1 saturated heterocycles. The lowest BCUT2D eigenvalue weighted by Crippen LogP contribution is -2.44.